The Morgan fingerprint density at radius 3 is 2.59 bits per heavy atom. The number of nitriles is 1. The molecular formula is C11H10N2O4. The van der Waals surface area contributed by atoms with Crippen LogP contribution in [-0.2, 0) is 14.3 Å². The first-order valence-corrected chi connectivity index (χ1v) is 4.59. The fourth-order valence-electron chi connectivity index (χ4n) is 1.13. The lowest BCUT2D eigenvalue weighted by atomic mass is 10.2. The summed E-state index contributed by atoms with van der Waals surface area (Å²) in [5.74, 6) is -1.62. The molecule has 0 radical (unpaired) electrons. The normalized spacial score (nSPS) is 9.00. The Kier molecular flexibility index (Phi) is 4.06. The van der Waals surface area contributed by atoms with Gasteiger partial charge in [0.05, 0.1) is 31.5 Å². The maximum Gasteiger partial charge on any atom is 0.396 e. The van der Waals surface area contributed by atoms with Gasteiger partial charge in [0.2, 0.25) is 0 Å². The summed E-state index contributed by atoms with van der Waals surface area (Å²) in [6.45, 7) is 0. The van der Waals surface area contributed by atoms with Crippen molar-refractivity contribution < 1.29 is 19.1 Å². The van der Waals surface area contributed by atoms with Crippen LogP contribution in [0.15, 0.2) is 18.2 Å². The third kappa shape index (κ3) is 2.95. The van der Waals surface area contributed by atoms with Crippen molar-refractivity contribution in [2.24, 2.45) is 0 Å². The van der Waals surface area contributed by atoms with Gasteiger partial charge in [0.15, 0.2) is 0 Å². The van der Waals surface area contributed by atoms with Gasteiger partial charge in [0.25, 0.3) is 0 Å². The van der Waals surface area contributed by atoms with Crippen LogP contribution in [0.25, 0.3) is 0 Å². The van der Waals surface area contributed by atoms with Crippen molar-refractivity contribution in [2.45, 2.75) is 0 Å². The summed E-state index contributed by atoms with van der Waals surface area (Å²) in [6, 6.07) is 6.35. The second-order valence-electron chi connectivity index (χ2n) is 2.97. The molecule has 0 aliphatic rings. The fourth-order valence-corrected chi connectivity index (χ4v) is 1.13. The summed E-state index contributed by atoms with van der Waals surface area (Å²) < 4.78 is 9.24. The van der Waals surface area contributed by atoms with Crippen LogP contribution in [0.2, 0.25) is 0 Å². The number of amides is 1. The molecule has 1 amide bonds. The number of esters is 1. The smallest absolute Gasteiger partial charge is 0.396 e. The molecule has 0 bridgehead atoms. The molecule has 0 spiro atoms. The molecule has 1 aromatic carbocycles. The van der Waals surface area contributed by atoms with E-state index in [0.717, 1.165) is 7.11 Å². The molecule has 0 fully saturated rings. The number of ether oxygens (including phenoxy) is 2. The average Bonchev–Trinajstić information content (AvgIpc) is 2.37. The molecule has 1 aromatic rings. The van der Waals surface area contributed by atoms with E-state index in [0.29, 0.717) is 17.0 Å². The molecule has 0 aliphatic heterocycles. The molecule has 17 heavy (non-hydrogen) atoms. The largest absolute Gasteiger partial charge is 0.495 e. The molecule has 1 N–H and O–H groups in total. The summed E-state index contributed by atoms with van der Waals surface area (Å²) >= 11 is 0. The lowest BCUT2D eigenvalue weighted by molar-refractivity contribution is -0.150. The Labute approximate surface area is 97.7 Å². The number of carbonyl (C=O) groups excluding carboxylic acids is 2. The second kappa shape index (κ2) is 5.51. The predicted molar refractivity (Wildman–Crippen MR) is 58.4 cm³/mol. The highest BCUT2D eigenvalue weighted by Crippen LogP contribution is 2.25. The zero-order valence-corrected chi connectivity index (χ0v) is 9.31. The fraction of sp³-hybridized carbons (Fsp3) is 0.182. The minimum atomic E-state index is -1.00. The summed E-state index contributed by atoms with van der Waals surface area (Å²) in [5.41, 5.74) is 0.680. The Bertz CT molecular complexity index is 491. The highest BCUT2D eigenvalue weighted by Gasteiger charge is 2.16. The van der Waals surface area contributed by atoms with Crippen molar-refractivity contribution in [3.63, 3.8) is 0 Å². The molecule has 0 unspecified atom stereocenters. The maximum absolute atomic E-state index is 11.3. The predicted octanol–water partition coefficient (Wildman–Crippen LogP) is 0.678. The summed E-state index contributed by atoms with van der Waals surface area (Å²) in [5, 5.41) is 11.0. The van der Waals surface area contributed by atoms with Gasteiger partial charge >= 0.3 is 11.9 Å². The Morgan fingerprint density at radius 1 is 1.35 bits per heavy atom. The standard InChI is InChI=1S/C11H10N2O4/c1-16-9-5-7(6-12)3-4-8(9)13-10(14)11(15)17-2/h3-5H,1-2H3,(H,13,14). The number of carbonyl (C=O) groups is 2. The molecule has 0 aliphatic carbocycles. The van der Waals surface area contributed by atoms with Gasteiger partial charge in [-0.2, -0.15) is 5.26 Å². The van der Waals surface area contributed by atoms with Crippen molar-refractivity contribution in [2.75, 3.05) is 19.5 Å². The van der Waals surface area contributed by atoms with Crippen LogP contribution in [0, 0.1) is 11.3 Å². The average molecular weight is 234 g/mol. The Balaban J connectivity index is 2.96. The van der Waals surface area contributed by atoms with Gasteiger partial charge in [0, 0.05) is 6.07 Å². The first-order valence-electron chi connectivity index (χ1n) is 4.59. The van der Waals surface area contributed by atoms with E-state index < -0.39 is 11.9 Å². The Morgan fingerprint density at radius 2 is 2.06 bits per heavy atom. The van der Waals surface area contributed by atoms with E-state index in [4.69, 9.17) is 10.00 Å². The first-order chi connectivity index (χ1) is 8.12. The Hall–Kier alpha value is -2.55. The van der Waals surface area contributed by atoms with Crippen molar-refractivity contribution in [3.05, 3.63) is 23.8 Å². The number of nitrogens with zero attached hydrogens (tertiary/aromatic N) is 1. The first kappa shape index (κ1) is 12.5. The van der Waals surface area contributed by atoms with Crippen molar-refractivity contribution in [1.82, 2.24) is 0 Å². The van der Waals surface area contributed by atoms with E-state index in [1.54, 1.807) is 0 Å². The van der Waals surface area contributed by atoms with Gasteiger partial charge in [-0.25, -0.2) is 4.79 Å². The highest BCUT2D eigenvalue weighted by atomic mass is 16.5. The maximum atomic E-state index is 11.3. The van der Waals surface area contributed by atoms with E-state index >= 15 is 0 Å². The monoisotopic (exact) mass is 234 g/mol. The number of nitrogens with one attached hydrogen (secondary N) is 1. The number of hydrogen-bond acceptors (Lipinski definition) is 5. The zero-order chi connectivity index (χ0) is 12.8. The summed E-state index contributed by atoms with van der Waals surface area (Å²) in [4.78, 5) is 22.2. The van der Waals surface area contributed by atoms with Crippen LogP contribution in [0.4, 0.5) is 5.69 Å². The topological polar surface area (TPSA) is 88.4 Å². The molecule has 0 saturated heterocycles. The number of anilines is 1. The molecule has 0 heterocycles. The minimum absolute atomic E-state index is 0.293. The molecule has 0 saturated carbocycles. The number of rotatable bonds is 2. The van der Waals surface area contributed by atoms with Crippen LogP contribution in [0.3, 0.4) is 0 Å². The molecule has 1 rings (SSSR count). The lowest BCUT2D eigenvalue weighted by Crippen LogP contribution is -2.24. The minimum Gasteiger partial charge on any atom is -0.495 e. The molecular weight excluding hydrogens is 224 g/mol. The SMILES string of the molecule is COC(=O)C(=O)Nc1ccc(C#N)cc1OC. The van der Waals surface area contributed by atoms with E-state index in [-0.39, 0.29) is 0 Å². The summed E-state index contributed by atoms with van der Waals surface area (Å²) in [7, 11) is 2.50. The van der Waals surface area contributed by atoms with E-state index in [2.05, 4.69) is 10.1 Å². The van der Waals surface area contributed by atoms with Gasteiger partial charge in [-0.3, -0.25) is 4.79 Å². The van der Waals surface area contributed by atoms with Crippen LogP contribution >= 0.6 is 0 Å². The van der Waals surface area contributed by atoms with Gasteiger partial charge in [-0.05, 0) is 12.1 Å². The quantitative estimate of drug-likeness (QED) is 0.600. The number of methoxy groups -OCH3 is 2. The van der Waals surface area contributed by atoms with Crippen molar-refractivity contribution in [3.8, 4) is 11.8 Å². The molecule has 6 nitrogen and oxygen atoms in total. The third-order valence-electron chi connectivity index (χ3n) is 1.95. The van der Waals surface area contributed by atoms with Gasteiger partial charge in [-0.15, -0.1) is 0 Å². The zero-order valence-electron chi connectivity index (χ0n) is 9.31. The van der Waals surface area contributed by atoms with Gasteiger partial charge in [0.1, 0.15) is 5.75 Å². The van der Waals surface area contributed by atoms with E-state index in [9.17, 15) is 9.59 Å². The van der Waals surface area contributed by atoms with Gasteiger partial charge < -0.3 is 14.8 Å². The van der Waals surface area contributed by atoms with Crippen LogP contribution < -0.4 is 10.1 Å². The van der Waals surface area contributed by atoms with E-state index in [1.165, 1.54) is 25.3 Å². The van der Waals surface area contributed by atoms with E-state index in [1.807, 2.05) is 6.07 Å². The molecule has 6 heteroatoms. The van der Waals surface area contributed by atoms with Gasteiger partial charge in [-0.1, -0.05) is 0 Å². The van der Waals surface area contributed by atoms with Crippen LogP contribution in [0.1, 0.15) is 5.56 Å². The van der Waals surface area contributed by atoms with Crippen molar-refractivity contribution in [1.29, 1.82) is 5.26 Å². The lowest BCUT2D eigenvalue weighted by Gasteiger charge is -2.09. The van der Waals surface area contributed by atoms with Crippen LogP contribution in [-0.4, -0.2) is 26.1 Å². The van der Waals surface area contributed by atoms with Crippen molar-refractivity contribution >= 4 is 17.6 Å². The third-order valence-corrected chi connectivity index (χ3v) is 1.95. The highest BCUT2D eigenvalue weighted by molar-refractivity contribution is 6.37. The number of hydrogen-bond donors (Lipinski definition) is 1. The number of benzene rings is 1. The molecule has 0 atom stereocenters. The molecule has 88 valence electrons. The van der Waals surface area contributed by atoms with Crippen LogP contribution in [0.5, 0.6) is 5.75 Å². The molecule has 0 aromatic heterocycles. The summed E-state index contributed by atoms with van der Waals surface area (Å²) in [6.07, 6.45) is 0. The second-order valence-corrected chi connectivity index (χ2v) is 2.97.